The molecule has 2 heterocycles. The average molecular weight is 403 g/mol. The van der Waals surface area contributed by atoms with E-state index in [1.165, 1.54) is 16.0 Å². The molecular weight excluding hydrogens is 384 g/mol. The zero-order chi connectivity index (χ0) is 18.5. The number of nitrogens with one attached hydrogen (secondary N) is 1. The summed E-state index contributed by atoms with van der Waals surface area (Å²) in [6, 6.07) is 12.1. The lowest BCUT2D eigenvalue weighted by Crippen LogP contribution is -2.31. The van der Waals surface area contributed by atoms with Gasteiger partial charge in [-0.25, -0.2) is 4.99 Å². The molecule has 0 aliphatic carbocycles. The topological polar surface area (TPSA) is 33.6 Å². The summed E-state index contributed by atoms with van der Waals surface area (Å²) in [5.41, 5.74) is 5.27. The van der Waals surface area contributed by atoms with E-state index >= 15 is 0 Å². The molecule has 0 fully saturated rings. The van der Waals surface area contributed by atoms with Crippen LogP contribution in [0.5, 0.6) is 5.75 Å². The molecule has 3 nitrogen and oxygen atoms in total. The normalized spacial score (nSPS) is 15.2. The van der Waals surface area contributed by atoms with E-state index in [-0.39, 0.29) is 5.54 Å². The number of methoxy groups -OCH3 is 1. The molecule has 0 saturated carbocycles. The summed E-state index contributed by atoms with van der Waals surface area (Å²) >= 11 is 6.15. The van der Waals surface area contributed by atoms with Crippen molar-refractivity contribution >= 4 is 43.7 Å². The van der Waals surface area contributed by atoms with Crippen molar-refractivity contribution in [2.75, 3.05) is 12.4 Å². The van der Waals surface area contributed by atoms with Crippen LogP contribution < -0.4 is 14.7 Å². The quantitative estimate of drug-likeness (QED) is 0.507. The van der Waals surface area contributed by atoms with Gasteiger partial charge < -0.3 is 10.1 Å². The van der Waals surface area contributed by atoms with Gasteiger partial charge in [-0.15, -0.1) is 0 Å². The SMILES string of the molecule is COc1ccc2c(c1)NC(C)(C)c1ssc(=Nc3ccc(Cl)c(C)c3)c1-2. The number of benzene rings is 2. The largest absolute Gasteiger partial charge is 0.497 e. The number of ether oxygens (including phenoxy) is 1. The highest BCUT2D eigenvalue weighted by atomic mass is 35.5. The Kier molecular flexibility index (Phi) is 4.34. The smallest absolute Gasteiger partial charge is 0.135 e. The van der Waals surface area contributed by atoms with Crippen LogP contribution >= 0.6 is 32.3 Å². The second-order valence-corrected chi connectivity index (χ2v) is 9.42. The fourth-order valence-electron chi connectivity index (χ4n) is 3.17. The standard InChI is InChI=1S/C20H19ClN2OS2/c1-11-9-12(5-8-15(11)21)22-19-17-14-7-6-13(24-4)10-16(14)23-20(2,3)18(17)25-26-19/h5-10,23H,1-4H3. The highest BCUT2D eigenvalue weighted by molar-refractivity contribution is 7.68. The van der Waals surface area contributed by atoms with Gasteiger partial charge in [-0.1, -0.05) is 32.3 Å². The fraction of sp³-hybridized carbons (Fsp3) is 0.250. The Morgan fingerprint density at radius 1 is 1.12 bits per heavy atom. The first-order valence-electron chi connectivity index (χ1n) is 8.30. The van der Waals surface area contributed by atoms with Crippen molar-refractivity contribution in [3.63, 3.8) is 0 Å². The number of nitrogens with zero attached hydrogens (tertiary/aromatic N) is 1. The molecule has 2 aromatic carbocycles. The second kappa shape index (κ2) is 6.41. The first-order chi connectivity index (χ1) is 12.4. The van der Waals surface area contributed by atoms with Gasteiger partial charge in [0.15, 0.2) is 0 Å². The van der Waals surface area contributed by atoms with Gasteiger partial charge in [-0.3, -0.25) is 0 Å². The number of halogens is 1. The van der Waals surface area contributed by atoms with E-state index in [0.717, 1.165) is 32.4 Å². The van der Waals surface area contributed by atoms with Gasteiger partial charge in [-0.05, 0) is 56.7 Å². The van der Waals surface area contributed by atoms with E-state index in [0.29, 0.717) is 0 Å². The lowest BCUT2D eigenvalue weighted by atomic mass is 9.90. The van der Waals surface area contributed by atoms with E-state index in [1.54, 1.807) is 27.8 Å². The Balaban J connectivity index is 1.94. The zero-order valence-electron chi connectivity index (χ0n) is 15.0. The van der Waals surface area contributed by atoms with Crippen LogP contribution in [0.15, 0.2) is 41.4 Å². The molecule has 1 N–H and O–H groups in total. The number of fused-ring (bicyclic) bond motifs is 3. The molecule has 4 rings (SSSR count). The average Bonchev–Trinajstić information content (AvgIpc) is 3.02. The van der Waals surface area contributed by atoms with Gasteiger partial charge >= 0.3 is 0 Å². The lowest BCUT2D eigenvalue weighted by Gasteiger charge is -2.33. The molecule has 0 radical (unpaired) electrons. The predicted molar refractivity (Wildman–Crippen MR) is 112 cm³/mol. The van der Waals surface area contributed by atoms with Gasteiger partial charge in [0.25, 0.3) is 0 Å². The van der Waals surface area contributed by atoms with Crippen molar-refractivity contribution in [3.05, 3.63) is 56.5 Å². The molecule has 1 aliphatic heterocycles. The third-order valence-electron chi connectivity index (χ3n) is 4.53. The molecule has 0 spiro atoms. The Labute approximate surface area is 165 Å². The first-order valence-corrected chi connectivity index (χ1v) is 10.8. The first kappa shape index (κ1) is 17.6. The summed E-state index contributed by atoms with van der Waals surface area (Å²) in [5.74, 6) is 0.848. The third-order valence-corrected chi connectivity index (χ3v) is 7.59. The highest BCUT2D eigenvalue weighted by Gasteiger charge is 2.33. The van der Waals surface area contributed by atoms with Crippen LogP contribution in [0.1, 0.15) is 24.3 Å². The number of hydrogen-bond donors (Lipinski definition) is 1. The molecule has 0 amide bonds. The molecule has 1 aromatic heterocycles. The minimum Gasteiger partial charge on any atom is -0.497 e. The summed E-state index contributed by atoms with van der Waals surface area (Å²) in [4.78, 5) is 6.24. The molecule has 6 heteroatoms. The van der Waals surface area contributed by atoms with E-state index in [4.69, 9.17) is 21.3 Å². The molecule has 26 heavy (non-hydrogen) atoms. The van der Waals surface area contributed by atoms with Gasteiger partial charge in [0.1, 0.15) is 10.4 Å². The molecular formula is C20H19ClN2OS2. The Morgan fingerprint density at radius 3 is 2.65 bits per heavy atom. The van der Waals surface area contributed by atoms with Crippen molar-refractivity contribution in [3.8, 4) is 16.9 Å². The Hall–Kier alpha value is -1.82. The number of anilines is 1. The molecule has 0 unspecified atom stereocenters. The van der Waals surface area contributed by atoms with Crippen LogP contribution in [0.3, 0.4) is 0 Å². The van der Waals surface area contributed by atoms with Crippen LogP contribution in [0, 0.1) is 6.92 Å². The maximum atomic E-state index is 6.15. The minimum absolute atomic E-state index is 0.153. The van der Waals surface area contributed by atoms with Crippen LogP contribution in [-0.4, -0.2) is 7.11 Å². The van der Waals surface area contributed by atoms with Crippen molar-refractivity contribution in [1.29, 1.82) is 0 Å². The molecule has 3 aromatic rings. The monoisotopic (exact) mass is 402 g/mol. The van der Waals surface area contributed by atoms with Gasteiger partial charge in [0.2, 0.25) is 0 Å². The molecule has 0 saturated heterocycles. The highest BCUT2D eigenvalue weighted by Crippen LogP contribution is 2.46. The summed E-state index contributed by atoms with van der Waals surface area (Å²) in [6.07, 6.45) is 0. The van der Waals surface area contributed by atoms with Crippen LogP contribution in [-0.2, 0) is 5.54 Å². The van der Waals surface area contributed by atoms with E-state index in [9.17, 15) is 0 Å². The van der Waals surface area contributed by atoms with E-state index in [1.807, 2.05) is 31.2 Å². The van der Waals surface area contributed by atoms with Crippen molar-refractivity contribution < 1.29 is 4.74 Å². The molecule has 0 atom stereocenters. The van der Waals surface area contributed by atoms with Gasteiger partial charge in [0, 0.05) is 27.9 Å². The van der Waals surface area contributed by atoms with Crippen LogP contribution in [0.25, 0.3) is 11.1 Å². The summed E-state index contributed by atoms with van der Waals surface area (Å²) < 4.78 is 6.43. The summed E-state index contributed by atoms with van der Waals surface area (Å²) in [5, 5.41) is 4.41. The molecule has 0 bridgehead atoms. The maximum absolute atomic E-state index is 6.15. The number of aryl methyl sites for hydroxylation is 1. The molecule has 1 aliphatic rings. The van der Waals surface area contributed by atoms with E-state index in [2.05, 4.69) is 31.3 Å². The van der Waals surface area contributed by atoms with Gasteiger partial charge in [0.05, 0.1) is 23.2 Å². The summed E-state index contributed by atoms with van der Waals surface area (Å²) in [7, 11) is 5.20. The van der Waals surface area contributed by atoms with Crippen molar-refractivity contribution in [1.82, 2.24) is 0 Å². The van der Waals surface area contributed by atoms with Crippen molar-refractivity contribution in [2.45, 2.75) is 26.3 Å². The number of rotatable bonds is 2. The zero-order valence-corrected chi connectivity index (χ0v) is 17.4. The molecule has 134 valence electrons. The predicted octanol–water partition coefficient (Wildman–Crippen LogP) is 6.34. The van der Waals surface area contributed by atoms with Gasteiger partial charge in [-0.2, -0.15) is 0 Å². The number of hydrogen-bond acceptors (Lipinski definition) is 5. The Bertz CT molecular complexity index is 1070. The third kappa shape index (κ3) is 2.94. The van der Waals surface area contributed by atoms with Crippen LogP contribution in [0.4, 0.5) is 11.4 Å². The minimum atomic E-state index is -0.153. The van der Waals surface area contributed by atoms with Crippen LogP contribution in [0.2, 0.25) is 5.02 Å². The second-order valence-electron chi connectivity index (χ2n) is 6.88. The fourth-order valence-corrected chi connectivity index (χ4v) is 6.23. The summed E-state index contributed by atoms with van der Waals surface area (Å²) in [6.45, 7) is 6.41. The Morgan fingerprint density at radius 2 is 1.92 bits per heavy atom. The lowest BCUT2D eigenvalue weighted by molar-refractivity contribution is 0.415. The van der Waals surface area contributed by atoms with Crippen molar-refractivity contribution in [2.24, 2.45) is 4.99 Å². The van der Waals surface area contributed by atoms with E-state index < -0.39 is 0 Å². The maximum Gasteiger partial charge on any atom is 0.135 e.